The second kappa shape index (κ2) is 7.44. The fourth-order valence-corrected chi connectivity index (χ4v) is 2.96. The van der Waals surface area contributed by atoms with Crippen LogP contribution in [-0.4, -0.2) is 34.7 Å². The number of amides is 1. The van der Waals surface area contributed by atoms with Gasteiger partial charge in [-0.15, -0.1) is 0 Å². The van der Waals surface area contributed by atoms with Crippen LogP contribution in [0.25, 0.3) is 11.1 Å². The highest BCUT2D eigenvalue weighted by atomic mass is 16.5. The van der Waals surface area contributed by atoms with E-state index in [1.165, 1.54) is 0 Å². The molecule has 1 atom stereocenters. The Hall–Kier alpha value is -3.08. The van der Waals surface area contributed by atoms with Crippen LogP contribution < -0.4 is 4.74 Å². The summed E-state index contributed by atoms with van der Waals surface area (Å²) in [6, 6.07) is 16.1. The fraction of sp³-hybridized carbons (Fsp3) is 0.238. The molecule has 0 aliphatic heterocycles. The summed E-state index contributed by atoms with van der Waals surface area (Å²) in [5.74, 6) is 0.802. The first kappa shape index (κ1) is 17.7. The number of para-hydroxylation sites is 1. The van der Waals surface area contributed by atoms with Gasteiger partial charge in [0.15, 0.2) is 0 Å². The van der Waals surface area contributed by atoms with Crippen molar-refractivity contribution in [1.29, 1.82) is 0 Å². The van der Waals surface area contributed by atoms with Crippen molar-refractivity contribution < 1.29 is 9.53 Å². The number of nitrogens with zero attached hydrogens (tertiary/aromatic N) is 3. The molecule has 0 bridgehead atoms. The van der Waals surface area contributed by atoms with E-state index in [9.17, 15) is 4.79 Å². The van der Waals surface area contributed by atoms with Crippen molar-refractivity contribution >= 4 is 5.91 Å². The summed E-state index contributed by atoms with van der Waals surface area (Å²) in [5.41, 5.74) is 3.80. The van der Waals surface area contributed by atoms with Crippen LogP contribution in [0.5, 0.6) is 5.75 Å². The molecule has 26 heavy (non-hydrogen) atoms. The molecular formula is C21H23N3O2. The van der Waals surface area contributed by atoms with E-state index in [1.807, 2.05) is 38.2 Å². The molecule has 1 aromatic heterocycles. The molecule has 5 nitrogen and oxygen atoms in total. The molecule has 134 valence electrons. The highest BCUT2D eigenvalue weighted by molar-refractivity contribution is 5.93. The average molecular weight is 349 g/mol. The molecule has 0 saturated heterocycles. The van der Waals surface area contributed by atoms with Crippen LogP contribution >= 0.6 is 0 Å². The lowest BCUT2D eigenvalue weighted by Crippen LogP contribution is -2.29. The lowest BCUT2D eigenvalue weighted by Gasteiger charge is -2.25. The van der Waals surface area contributed by atoms with Crippen LogP contribution in [0.3, 0.4) is 0 Å². The SMILES string of the molecule is COc1ccccc1-c1ccc(C(C)N(C)C(=O)c2cnn(C)c2)cc1. The van der Waals surface area contributed by atoms with E-state index in [0.717, 1.165) is 22.4 Å². The Kier molecular flexibility index (Phi) is 5.07. The molecule has 3 rings (SSSR count). The predicted molar refractivity (Wildman–Crippen MR) is 102 cm³/mol. The topological polar surface area (TPSA) is 47.4 Å². The summed E-state index contributed by atoms with van der Waals surface area (Å²) in [7, 11) is 5.29. The third kappa shape index (κ3) is 3.47. The molecule has 1 unspecified atom stereocenters. The largest absolute Gasteiger partial charge is 0.496 e. The molecule has 0 radical (unpaired) electrons. The average Bonchev–Trinajstić information content (AvgIpc) is 3.12. The van der Waals surface area contributed by atoms with Gasteiger partial charge in [0.25, 0.3) is 5.91 Å². The number of benzene rings is 2. The Morgan fingerprint density at radius 3 is 2.46 bits per heavy atom. The van der Waals surface area contributed by atoms with E-state index in [1.54, 1.807) is 36.1 Å². The number of aromatic nitrogens is 2. The minimum Gasteiger partial charge on any atom is -0.496 e. The van der Waals surface area contributed by atoms with Gasteiger partial charge >= 0.3 is 0 Å². The summed E-state index contributed by atoms with van der Waals surface area (Å²) in [6.45, 7) is 2.02. The predicted octanol–water partition coefficient (Wildman–Crippen LogP) is 3.93. The van der Waals surface area contributed by atoms with Crippen molar-refractivity contribution in [3.05, 3.63) is 72.1 Å². The van der Waals surface area contributed by atoms with Gasteiger partial charge in [0.05, 0.1) is 24.9 Å². The second-order valence-corrected chi connectivity index (χ2v) is 6.32. The smallest absolute Gasteiger partial charge is 0.257 e. The maximum Gasteiger partial charge on any atom is 0.257 e. The molecule has 0 N–H and O–H groups in total. The molecular weight excluding hydrogens is 326 g/mol. The van der Waals surface area contributed by atoms with Crippen LogP contribution in [-0.2, 0) is 7.05 Å². The lowest BCUT2D eigenvalue weighted by atomic mass is 10.00. The molecule has 0 spiro atoms. The Morgan fingerprint density at radius 1 is 1.15 bits per heavy atom. The van der Waals surface area contributed by atoms with E-state index in [2.05, 4.69) is 29.4 Å². The van der Waals surface area contributed by atoms with Crippen LogP contribution in [0.1, 0.15) is 28.9 Å². The molecule has 0 aliphatic carbocycles. The number of carbonyl (C=O) groups is 1. The standard InChI is InChI=1S/C21H23N3O2/c1-15(24(3)21(25)18-13-22-23(2)14-18)16-9-11-17(12-10-16)19-7-5-6-8-20(19)26-4/h5-15H,1-4H3. The van der Waals surface area contributed by atoms with E-state index in [0.29, 0.717) is 5.56 Å². The zero-order valence-electron chi connectivity index (χ0n) is 15.5. The molecule has 1 amide bonds. The van der Waals surface area contributed by atoms with Gasteiger partial charge < -0.3 is 9.64 Å². The first-order chi connectivity index (χ1) is 12.5. The third-order valence-corrected chi connectivity index (χ3v) is 4.66. The first-order valence-corrected chi connectivity index (χ1v) is 8.50. The van der Waals surface area contributed by atoms with Gasteiger partial charge in [0.2, 0.25) is 0 Å². The van der Waals surface area contributed by atoms with Gasteiger partial charge in [0.1, 0.15) is 5.75 Å². The van der Waals surface area contributed by atoms with Crippen molar-refractivity contribution in [2.45, 2.75) is 13.0 Å². The Bertz CT molecular complexity index is 900. The van der Waals surface area contributed by atoms with Gasteiger partial charge in [0, 0.05) is 25.9 Å². The van der Waals surface area contributed by atoms with Gasteiger partial charge in [-0.1, -0.05) is 42.5 Å². The molecule has 0 saturated carbocycles. The van der Waals surface area contributed by atoms with Crippen molar-refractivity contribution in [3.8, 4) is 16.9 Å². The number of carbonyl (C=O) groups excluding carboxylic acids is 1. The molecule has 1 heterocycles. The highest BCUT2D eigenvalue weighted by Gasteiger charge is 2.20. The van der Waals surface area contributed by atoms with Crippen molar-refractivity contribution in [2.75, 3.05) is 14.2 Å². The minimum absolute atomic E-state index is 0.0422. The quantitative estimate of drug-likeness (QED) is 0.701. The Morgan fingerprint density at radius 2 is 1.85 bits per heavy atom. The van der Waals surface area contributed by atoms with Crippen molar-refractivity contribution in [3.63, 3.8) is 0 Å². The van der Waals surface area contributed by atoms with Gasteiger partial charge in [-0.05, 0) is 24.1 Å². The number of hydrogen-bond donors (Lipinski definition) is 0. The van der Waals surface area contributed by atoms with Crippen molar-refractivity contribution in [1.82, 2.24) is 14.7 Å². The van der Waals surface area contributed by atoms with E-state index in [4.69, 9.17) is 4.74 Å². The Labute approximate surface area is 153 Å². The van der Waals surface area contributed by atoms with Crippen LogP contribution in [0.4, 0.5) is 0 Å². The van der Waals surface area contributed by atoms with E-state index >= 15 is 0 Å². The maximum absolute atomic E-state index is 12.6. The number of rotatable bonds is 5. The summed E-state index contributed by atoms with van der Waals surface area (Å²) in [6.07, 6.45) is 3.33. The fourth-order valence-electron chi connectivity index (χ4n) is 2.96. The highest BCUT2D eigenvalue weighted by Crippen LogP contribution is 2.31. The van der Waals surface area contributed by atoms with Crippen molar-refractivity contribution in [2.24, 2.45) is 7.05 Å². The summed E-state index contributed by atoms with van der Waals surface area (Å²) in [5, 5.41) is 4.07. The first-order valence-electron chi connectivity index (χ1n) is 8.50. The van der Waals surface area contributed by atoms with Crippen LogP contribution in [0.2, 0.25) is 0 Å². The molecule has 2 aromatic carbocycles. The van der Waals surface area contributed by atoms with E-state index < -0.39 is 0 Å². The van der Waals surface area contributed by atoms with Crippen LogP contribution in [0.15, 0.2) is 60.9 Å². The number of aryl methyl sites for hydroxylation is 1. The minimum atomic E-state index is -0.0468. The van der Waals surface area contributed by atoms with E-state index in [-0.39, 0.29) is 11.9 Å². The van der Waals surface area contributed by atoms with Gasteiger partial charge in [-0.25, -0.2) is 0 Å². The molecule has 3 aromatic rings. The third-order valence-electron chi connectivity index (χ3n) is 4.66. The number of ether oxygens (including phenoxy) is 1. The summed E-state index contributed by atoms with van der Waals surface area (Å²) in [4.78, 5) is 14.3. The maximum atomic E-state index is 12.6. The molecule has 0 aliphatic rings. The number of hydrogen-bond acceptors (Lipinski definition) is 3. The van der Waals surface area contributed by atoms with Crippen LogP contribution in [0, 0.1) is 0 Å². The van der Waals surface area contributed by atoms with Gasteiger partial charge in [-0.2, -0.15) is 5.10 Å². The summed E-state index contributed by atoms with van der Waals surface area (Å²) >= 11 is 0. The normalized spacial score (nSPS) is 11.8. The second-order valence-electron chi connectivity index (χ2n) is 6.32. The zero-order chi connectivity index (χ0) is 18.7. The number of methoxy groups -OCH3 is 1. The zero-order valence-corrected chi connectivity index (χ0v) is 15.5. The summed E-state index contributed by atoms with van der Waals surface area (Å²) < 4.78 is 7.07. The molecule has 5 heteroatoms. The monoisotopic (exact) mass is 349 g/mol. The lowest BCUT2D eigenvalue weighted by molar-refractivity contribution is 0.0742. The Balaban J connectivity index is 1.80. The molecule has 0 fully saturated rings. The van der Waals surface area contributed by atoms with Gasteiger partial charge in [-0.3, -0.25) is 9.48 Å².